The van der Waals surface area contributed by atoms with Gasteiger partial charge in [-0.1, -0.05) is 12.1 Å². The molecular formula is C25H32N4O2S. The van der Waals surface area contributed by atoms with Crippen molar-refractivity contribution in [2.75, 3.05) is 46.4 Å². The highest BCUT2D eigenvalue weighted by molar-refractivity contribution is 8.02. The van der Waals surface area contributed by atoms with Crippen LogP contribution in [0.25, 0.3) is 0 Å². The van der Waals surface area contributed by atoms with Gasteiger partial charge in [0, 0.05) is 62.5 Å². The van der Waals surface area contributed by atoms with Crippen LogP contribution in [0.3, 0.4) is 0 Å². The lowest BCUT2D eigenvalue weighted by atomic mass is 10.1. The van der Waals surface area contributed by atoms with Crippen LogP contribution >= 0.6 is 11.8 Å². The molecule has 6 nitrogen and oxygen atoms in total. The number of thioether (sulfide) groups is 1. The number of pyridine rings is 1. The van der Waals surface area contributed by atoms with Crippen molar-refractivity contribution in [3.05, 3.63) is 71.0 Å². The maximum atomic E-state index is 12.6. The van der Waals surface area contributed by atoms with Gasteiger partial charge in [0.05, 0.1) is 13.0 Å². The zero-order chi connectivity index (χ0) is 22.2. The molecule has 0 spiro atoms. The number of piperazine rings is 1. The quantitative estimate of drug-likeness (QED) is 0.588. The number of likely N-dealkylation sites (N-methyl/N-ethyl adjacent to an activating group) is 1. The maximum Gasteiger partial charge on any atom is 0.228 e. The van der Waals surface area contributed by atoms with Crippen LogP contribution < -0.4 is 10.1 Å². The average molecular weight is 453 g/mol. The van der Waals surface area contributed by atoms with Crippen molar-refractivity contribution >= 4 is 17.7 Å². The molecule has 1 atom stereocenters. The molecule has 3 heterocycles. The first kappa shape index (κ1) is 22.8. The average Bonchev–Trinajstić information content (AvgIpc) is 3.27. The van der Waals surface area contributed by atoms with Crippen LogP contribution in [0.5, 0.6) is 5.75 Å². The number of carbonyl (C=O) groups excluding carboxylic acids is 1. The fraction of sp³-hybridized carbons (Fsp3) is 0.440. The summed E-state index contributed by atoms with van der Waals surface area (Å²) in [6, 6.07) is 12.0. The third-order valence-electron chi connectivity index (χ3n) is 5.90. The molecule has 1 fully saturated rings. The van der Waals surface area contributed by atoms with Crippen LogP contribution in [0.2, 0.25) is 0 Å². The molecule has 0 aliphatic carbocycles. The predicted octanol–water partition coefficient (Wildman–Crippen LogP) is 3.48. The van der Waals surface area contributed by atoms with Gasteiger partial charge in [0.25, 0.3) is 0 Å². The summed E-state index contributed by atoms with van der Waals surface area (Å²) in [5.74, 6) is 0.849. The maximum absolute atomic E-state index is 12.6. The van der Waals surface area contributed by atoms with Crippen molar-refractivity contribution in [3.8, 4) is 5.75 Å². The number of carbonyl (C=O) groups is 1. The minimum absolute atomic E-state index is 0.0134. The summed E-state index contributed by atoms with van der Waals surface area (Å²) in [7, 11) is 2.18. The molecule has 1 unspecified atom stereocenters. The molecular weight excluding hydrogens is 420 g/mol. The van der Waals surface area contributed by atoms with Crippen LogP contribution in [0, 0.1) is 0 Å². The van der Waals surface area contributed by atoms with Crippen LogP contribution in [0.15, 0.2) is 59.9 Å². The zero-order valence-electron chi connectivity index (χ0n) is 18.7. The van der Waals surface area contributed by atoms with E-state index < -0.39 is 0 Å². The second kappa shape index (κ2) is 11.5. The molecule has 1 aromatic heterocycles. The lowest BCUT2D eigenvalue weighted by molar-refractivity contribution is -0.119. The second-order valence-corrected chi connectivity index (χ2v) is 9.55. The molecule has 2 aliphatic rings. The molecule has 7 heteroatoms. The van der Waals surface area contributed by atoms with Gasteiger partial charge in [0.2, 0.25) is 5.91 Å². The SMILES string of the molecule is CN1CCN(CCCOc2cccc(CC(=O)NC3=CSC(c4ccncc4)C3)c2)CC1. The third-order valence-corrected chi connectivity index (χ3v) is 7.09. The Bertz CT molecular complexity index is 913. The summed E-state index contributed by atoms with van der Waals surface area (Å²) in [5.41, 5.74) is 3.19. The first-order chi connectivity index (χ1) is 15.7. The lowest BCUT2D eigenvalue weighted by Gasteiger charge is -2.32. The Kier molecular flexibility index (Phi) is 8.20. The van der Waals surface area contributed by atoms with Crippen molar-refractivity contribution in [3.63, 3.8) is 0 Å². The number of ether oxygens (including phenoxy) is 1. The smallest absolute Gasteiger partial charge is 0.228 e. The molecule has 1 aromatic carbocycles. The van der Waals surface area contributed by atoms with Gasteiger partial charge in [0.15, 0.2) is 0 Å². The summed E-state index contributed by atoms with van der Waals surface area (Å²) < 4.78 is 5.95. The largest absolute Gasteiger partial charge is 0.494 e. The number of nitrogens with zero attached hydrogens (tertiary/aromatic N) is 3. The van der Waals surface area contributed by atoms with Crippen LogP contribution in [-0.2, 0) is 11.2 Å². The number of amides is 1. The molecule has 2 aromatic rings. The Morgan fingerprint density at radius 2 is 2.00 bits per heavy atom. The van der Waals surface area contributed by atoms with Gasteiger partial charge in [-0.3, -0.25) is 9.78 Å². The van der Waals surface area contributed by atoms with E-state index in [1.165, 1.54) is 5.56 Å². The number of hydrogen-bond acceptors (Lipinski definition) is 6. The van der Waals surface area contributed by atoms with E-state index in [-0.39, 0.29) is 5.91 Å². The van der Waals surface area contributed by atoms with Gasteiger partial charge in [-0.05, 0) is 54.3 Å². The number of hydrogen-bond donors (Lipinski definition) is 1. The van der Waals surface area contributed by atoms with Gasteiger partial charge in [-0.2, -0.15) is 0 Å². The number of nitrogens with one attached hydrogen (secondary N) is 1. The van der Waals surface area contributed by atoms with E-state index in [0.717, 1.165) is 62.6 Å². The summed E-state index contributed by atoms with van der Waals surface area (Å²) in [6.07, 6.45) is 5.82. The predicted molar refractivity (Wildman–Crippen MR) is 130 cm³/mol. The van der Waals surface area contributed by atoms with Crippen LogP contribution in [0.1, 0.15) is 29.2 Å². The molecule has 32 heavy (non-hydrogen) atoms. The van der Waals surface area contributed by atoms with Crippen molar-refractivity contribution in [1.82, 2.24) is 20.1 Å². The first-order valence-electron chi connectivity index (χ1n) is 11.3. The van der Waals surface area contributed by atoms with Crippen molar-refractivity contribution < 1.29 is 9.53 Å². The van der Waals surface area contributed by atoms with Gasteiger partial charge in [-0.15, -0.1) is 11.8 Å². The minimum atomic E-state index is 0.0134. The summed E-state index contributed by atoms with van der Waals surface area (Å²) >= 11 is 1.75. The van der Waals surface area contributed by atoms with Crippen molar-refractivity contribution in [1.29, 1.82) is 0 Å². The van der Waals surface area contributed by atoms with E-state index in [4.69, 9.17) is 4.74 Å². The Labute approximate surface area is 195 Å². The number of benzene rings is 1. The Balaban J connectivity index is 1.18. The molecule has 1 N–H and O–H groups in total. The molecule has 1 amide bonds. The van der Waals surface area contributed by atoms with Gasteiger partial charge in [-0.25, -0.2) is 0 Å². The first-order valence-corrected chi connectivity index (χ1v) is 12.3. The Morgan fingerprint density at radius 3 is 2.81 bits per heavy atom. The number of aromatic nitrogens is 1. The molecule has 2 aliphatic heterocycles. The van der Waals surface area contributed by atoms with Crippen LogP contribution in [-0.4, -0.2) is 67.1 Å². The molecule has 0 radical (unpaired) electrons. The fourth-order valence-electron chi connectivity index (χ4n) is 4.02. The standard InChI is InChI=1S/C25H32N4O2S/c1-28-11-13-29(14-12-28)10-3-15-31-23-5-2-4-20(16-23)17-25(30)27-22-18-24(32-19-22)21-6-8-26-9-7-21/h2,4-9,16,19,24H,3,10-15,17-18H2,1H3,(H,27,30). The van der Waals surface area contributed by atoms with E-state index in [1.54, 1.807) is 11.8 Å². The molecule has 4 rings (SSSR count). The van der Waals surface area contributed by atoms with Crippen molar-refractivity contribution in [2.45, 2.75) is 24.5 Å². The van der Waals surface area contributed by atoms with Gasteiger partial charge >= 0.3 is 0 Å². The van der Waals surface area contributed by atoms with Gasteiger partial charge < -0.3 is 19.9 Å². The van der Waals surface area contributed by atoms with E-state index in [9.17, 15) is 4.79 Å². The number of rotatable bonds is 9. The highest BCUT2D eigenvalue weighted by atomic mass is 32.2. The minimum Gasteiger partial charge on any atom is -0.494 e. The Morgan fingerprint density at radius 1 is 1.19 bits per heavy atom. The van der Waals surface area contributed by atoms with E-state index in [2.05, 4.69) is 32.6 Å². The molecule has 0 saturated carbocycles. The lowest BCUT2D eigenvalue weighted by Crippen LogP contribution is -2.44. The highest BCUT2D eigenvalue weighted by Crippen LogP contribution is 2.41. The topological polar surface area (TPSA) is 57.7 Å². The summed E-state index contributed by atoms with van der Waals surface area (Å²) in [6.45, 7) is 6.33. The molecule has 1 saturated heterocycles. The van der Waals surface area contributed by atoms with Crippen molar-refractivity contribution in [2.24, 2.45) is 0 Å². The molecule has 170 valence electrons. The zero-order valence-corrected chi connectivity index (χ0v) is 19.5. The fourth-order valence-corrected chi connectivity index (χ4v) is 5.09. The van der Waals surface area contributed by atoms with Gasteiger partial charge in [0.1, 0.15) is 5.75 Å². The monoisotopic (exact) mass is 452 g/mol. The second-order valence-electron chi connectivity index (χ2n) is 8.47. The normalized spacial score (nSPS) is 19.5. The molecule has 0 bridgehead atoms. The van der Waals surface area contributed by atoms with Crippen LogP contribution in [0.4, 0.5) is 0 Å². The summed E-state index contributed by atoms with van der Waals surface area (Å²) in [5, 5.41) is 5.48. The Hall–Kier alpha value is -2.35. The van der Waals surface area contributed by atoms with E-state index in [0.29, 0.717) is 18.3 Å². The van der Waals surface area contributed by atoms with E-state index >= 15 is 0 Å². The summed E-state index contributed by atoms with van der Waals surface area (Å²) in [4.78, 5) is 21.5. The highest BCUT2D eigenvalue weighted by Gasteiger charge is 2.21. The van der Waals surface area contributed by atoms with E-state index in [1.807, 2.05) is 48.8 Å². The third kappa shape index (κ3) is 6.82. The number of allylic oxidation sites excluding steroid dienone is 1.